The third-order valence-corrected chi connectivity index (χ3v) is 4.71. The standard InChI is InChI=1S/C13H24N2OS/c1-10(2)7-12-13(16)15(9-14-12)8-11-3-5-17-6-4-11/h10-12,14H,3-9H2,1-2H3. The van der Waals surface area contributed by atoms with E-state index in [4.69, 9.17) is 0 Å². The third-order valence-electron chi connectivity index (χ3n) is 3.66. The summed E-state index contributed by atoms with van der Waals surface area (Å²) < 4.78 is 0. The lowest BCUT2D eigenvalue weighted by atomic mass is 10.0. The first-order valence-corrected chi connectivity index (χ1v) is 7.92. The monoisotopic (exact) mass is 256 g/mol. The van der Waals surface area contributed by atoms with Crippen molar-refractivity contribution in [2.75, 3.05) is 24.7 Å². The van der Waals surface area contributed by atoms with Crippen LogP contribution in [-0.4, -0.2) is 41.6 Å². The highest BCUT2D eigenvalue weighted by atomic mass is 32.2. The molecule has 1 unspecified atom stereocenters. The molecule has 0 aromatic heterocycles. The van der Waals surface area contributed by atoms with Gasteiger partial charge >= 0.3 is 0 Å². The number of hydrogen-bond acceptors (Lipinski definition) is 3. The molecule has 2 aliphatic heterocycles. The molecule has 1 atom stereocenters. The zero-order valence-corrected chi connectivity index (χ0v) is 11.8. The second-order valence-electron chi connectivity index (χ2n) is 5.66. The summed E-state index contributed by atoms with van der Waals surface area (Å²) in [6, 6.07) is 0.0768. The molecule has 0 saturated carbocycles. The van der Waals surface area contributed by atoms with Gasteiger partial charge in [-0.15, -0.1) is 0 Å². The second-order valence-corrected chi connectivity index (χ2v) is 6.89. The zero-order chi connectivity index (χ0) is 12.3. The molecule has 0 aromatic rings. The van der Waals surface area contributed by atoms with E-state index in [1.54, 1.807) is 0 Å². The molecule has 2 heterocycles. The van der Waals surface area contributed by atoms with Crippen LogP contribution in [-0.2, 0) is 4.79 Å². The fourth-order valence-corrected chi connectivity index (χ4v) is 3.86. The molecule has 2 rings (SSSR count). The summed E-state index contributed by atoms with van der Waals surface area (Å²) >= 11 is 2.05. The molecule has 17 heavy (non-hydrogen) atoms. The Morgan fingerprint density at radius 1 is 1.41 bits per heavy atom. The number of carbonyl (C=O) groups is 1. The van der Waals surface area contributed by atoms with Gasteiger partial charge in [-0.1, -0.05) is 13.8 Å². The van der Waals surface area contributed by atoms with Crippen LogP contribution in [0.3, 0.4) is 0 Å². The summed E-state index contributed by atoms with van der Waals surface area (Å²) in [6.45, 7) is 6.09. The number of thioether (sulfide) groups is 1. The van der Waals surface area contributed by atoms with Crippen molar-refractivity contribution in [3.05, 3.63) is 0 Å². The molecule has 98 valence electrons. The lowest BCUT2D eigenvalue weighted by Gasteiger charge is -2.26. The summed E-state index contributed by atoms with van der Waals surface area (Å²) in [7, 11) is 0. The molecule has 0 spiro atoms. The molecule has 1 amide bonds. The first kappa shape index (κ1) is 13.2. The smallest absolute Gasteiger partial charge is 0.240 e. The van der Waals surface area contributed by atoms with Crippen LogP contribution in [0.25, 0.3) is 0 Å². The Morgan fingerprint density at radius 3 is 2.76 bits per heavy atom. The predicted octanol–water partition coefficient (Wildman–Crippen LogP) is 1.93. The van der Waals surface area contributed by atoms with Crippen molar-refractivity contribution in [1.29, 1.82) is 0 Å². The summed E-state index contributed by atoms with van der Waals surface area (Å²) in [5.74, 6) is 4.20. The summed E-state index contributed by atoms with van der Waals surface area (Å²) in [4.78, 5) is 14.2. The van der Waals surface area contributed by atoms with E-state index in [2.05, 4.69) is 19.2 Å². The summed E-state index contributed by atoms with van der Waals surface area (Å²) in [5.41, 5.74) is 0. The van der Waals surface area contributed by atoms with Crippen LogP contribution in [0, 0.1) is 11.8 Å². The number of rotatable bonds is 4. The quantitative estimate of drug-likeness (QED) is 0.834. The minimum Gasteiger partial charge on any atom is -0.328 e. The van der Waals surface area contributed by atoms with Crippen LogP contribution >= 0.6 is 11.8 Å². The lowest BCUT2D eigenvalue weighted by Crippen LogP contribution is -2.35. The van der Waals surface area contributed by atoms with Crippen molar-refractivity contribution in [3.8, 4) is 0 Å². The van der Waals surface area contributed by atoms with Gasteiger partial charge in [-0.2, -0.15) is 11.8 Å². The highest BCUT2D eigenvalue weighted by molar-refractivity contribution is 7.99. The van der Waals surface area contributed by atoms with Crippen molar-refractivity contribution in [2.45, 2.75) is 39.2 Å². The summed E-state index contributed by atoms with van der Waals surface area (Å²) in [5, 5.41) is 3.35. The van der Waals surface area contributed by atoms with E-state index in [0.717, 1.165) is 25.6 Å². The third kappa shape index (κ3) is 3.62. The first-order chi connectivity index (χ1) is 8.16. The lowest BCUT2D eigenvalue weighted by molar-refractivity contribution is -0.129. The van der Waals surface area contributed by atoms with Gasteiger partial charge in [-0.3, -0.25) is 10.1 Å². The molecule has 0 aliphatic carbocycles. The predicted molar refractivity (Wildman–Crippen MR) is 73.0 cm³/mol. The maximum atomic E-state index is 12.2. The van der Waals surface area contributed by atoms with E-state index in [0.29, 0.717) is 11.8 Å². The fraction of sp³-hybridized carbons (Fsp3) is 0.923. The Kier molecular flexibility index (Phi) is 4.74. The second kappa shape index (κ2) is 6.10. The largest absolute Gasteiger partial charge is 0.328 e. The maximum absolute atomic E-state index is 12.2. The van der Waals surface area contributed by atoms with Crippen LogP contribution in [0.5, 0.6) is 0 Å². The Bertz CT molecular complexity index is 264. The van der Waals surface area contributed by atoms with Gasteiger partial charge in [-0.05, 0) is 42.6 Å². The maximum Gasteiger partial charge on any atom is 0.240 e. The van der Waals surface area contributed by atoms with Crippen LogP contribution in [0.1, 0.15) is 33.1 Å². The Morgan fingerprint density at radius 2 is 2.12 bits per heavy atom. The molecule has 4 heteroatoms. The van der Waals surface area contributed by atoms with Crippen LogP contribution in [0.4, 0.5) is 0 Å². The van der Waals surface area contributed by atoms with E-state index in [1.807, 2.05) is 16.7 Å². The van der Waals surface area contributed by atoms with Gasteiger partial charge in [0.15, 0.2) is 0 Å². The summed E-state index contributed by atoms with van der Waals surface area (Å²) in [6.07, 6.45) is 3.53. The average Bonchev–Trinajstić information content (AvgIpc) is 2.62. The molecule has 0 aromatic carbocycles. The number of carbonyl (C=O) groups excluding carboxylic acids is 1. The fourth-order valence-electron chi connectivity index (χ4n) is 2.66. The van der Waals surface area contributed by atoms with Gasteiger partial charge < -0.3 is 4.90 Å². The molecule has 0 radical (unpaired) electrons. The SMILES string of the molecule is CC(C)CC1NCN(CC2CCSCC2)C1=O. The van der Waals surface area contributed by atoms with Crippen molar-refractivity contribution in [1.82, 2.24) is 10.2 Å². The van der Waals surface area contributed by atoms with E-state index in [-0.39, 0.29) is 6.04 Å². The Labute approximate surface area is 109 Å². The van der Waals surface area contributed by atoms with Gasteiger partial charge in [0.1, 0.15) is 0 Å². The first-order valence-electron chi connectivity index (χ1n) is 6.76. The van der Waals surface area contributed by atoms with Crippen LogP contribution < -0.4 is 5.32 Å². The van der Waals surface area contributed by atoms with Crippen molar-refractivity contribution >= 4 is 17.7 Å². The topological polar surface area (TPSA) is 32.3 Å². The molecule has 0 bridgehead atoms. The Hall–Kier alpha value is -0.220. The average molecular weight is 256 g/mol. The van der Waals surface area contributed by atoms with E-state index < -0.39 is 0 Å². The number of hydrogen-bond donors (Lipinski definition) is 1. The molecule has 1 N–H and O–H groups in total. The van der Waals surface area contributed by atoms with Gasteiger partial charge in [0, 0.05) is 6.54 Å². The highest BCUT2D eigenvalue weighted by Crippen LogP contribution is 2.24. The minimum atomic E-state index is 0.0768. The van der Waals surface area contributed by atoms with Gasteiger partial charge in [0.05, 0.1) is 12.7 Å². The van der Waals surface area contributed by atoms with Crippen molar-refractivity contribution < 1.29 is 4.79 Å². The zero-order valence-electron chi connectivity index (χ0n) is 10.9. The van der Waals surface area contributed by atoms with Crippen LogP contribution in [0.2, 0.25) is 0 Å². The molecule has 2 saturated heterocycles. The normalized spacial score (nSPS) is 27.1. The van der Waals surface area contributed by atoms with Gasteiger partial charge in [-0.25, -0.2) is 0 Å². The van der Waals surface area contributed by atoms with Crippen LogP contribution in [0.15, 0.2) is 0 Å². The molecular weight excluding hydrogens is 232 g/mol. The Balaban J connectivity index is 1.80. The molecule has 2 fully saturated rings. The minimum absolute atomic E-state index is 0.0768. The van der Waals surface area contributed by atoms with Crippen molar-refractivity contribution in [2.24, 2.45) is 11.8 Å². The number of nitrogens with zero attached hydrogens (tertiary/aromatic N) is 1. The molecule has 2 aliphatic rings. The van der Waals surface area contributed by atoms with E-state index >= 15 is 0 Å². The highest BCUT2D eigenvalue weighted by Gasteiger charge is 2.32. The number of nitrogens with one attached hydrogen (secondary N) is 1. The van der Waals surface area contributed by atoms with E-state index in [1.165, 1.54) is 24.3 Å². The number of amides is 1. The molecule has 3 nitrogen and oxygen atoms in total. The molecular formula is C13H24N2OS. The van der Waals surface area contributed by atoms with E-state index in [9.17, 15) is 4.79 Å². The van der Waals surface area contributed by atoms with Gasteiger partial charge in [0.25, 0.3) is 0 Å². The van der Waals surface area contributed by atoms with Gasteiger partial charge in [0.2, 0.25) is 5.91 Å². The van der Waals surface area contributed by atoms with Crippen molar-refractivity contribution in [3.63, 3.8) is 0 Å².